The van der Waals surface area contributed by atoms with Gasteiger partial charge in [-0.1, -0.05) is 30.3 Å². The van der Waals surface area contributed by atoms with E-state index in [2.05, 4.69) is 43.3 Å². The smallest absolute Gasteiger partial charge is 0.246 e. The zero-order chi connectivity index (χ0) is 24.2. The summed E-state index contributed by atoms with van der Waals surface area (Å²) in [5, 5.41) is 0. The Hall–Kier alpha value is -3.19. The highest BCUT2D eigenvalue weighted by Gasteiger charge is 2.35. The molecule has 3 aromatic rings. The Labute approximate surface area is 207 Å². The zero-order valence-corrected chi connectivity index (χ0v) is 20.4. The minimum Gasteiger partial charge on any atom is -0.357 e. The van der Waals surface area contributed by atoms with E-state index in [-0.39, 0.29) is 23.8 Å². The second-order valence-electron chi connectivity index (χ2n) is 9.69. The summed E-state index contributed by atoms with van der Waals surface area (Å²) in [6.07, 6.45) is 7.14. The van der Waals surface area contributed by atoms with E-state index < -0.39 is 0 Å². The first kappa shape index (κ1) is 23.5. The van der Waals surface area contributed by atoms with Crippen molar-refractivity contribution in [3.63, 3.8) is 0 Å². The van der Waals surface area contributed by atoms with Gasteiger partial charge in [0.25, 0.3) is 0 Å². The number of halogens is 1. The van der Waals surface area contributed by atoms with Crippen molar-refractivity contribution in [2.75, 3.05) is 37.6 Å². The molecule has 2 fully saturated rings. The molecular formula is C28H34FN5O. The maximum atomic E-state index is 13.7. The summed E-state index contributed by atoms with van der Waals surface area (Å²) >= 11 is 0. The summed E-state index contributed by atoms with van der Waals surface area (Å²) < 4.78 is 15.6. The molecule has 2 aliphatic rings. The summed E-state index contributed by atoms with van der Waals surface area (Å²) in [7, 11) is 0. The van der Waals surface area contributed by atoms with Crippen molar-refractivity contribution in [2.45, 2.75) is 44.8 Å². The lowest BCUT2D eigenvalue weighted by molar-refractivity contribution is -0.134. The molecule has 0 N–H and O–H groups in total. The molecule has 0 radical (unpaired) electrons. The largest absolute Gasteiger partial charge is 0.357 e. The fourth-order valence-electron chi connectivity index (χ4n) is 5.38. The van der Waals surface area contributed by atoms with Crippen LogP contribution in [0.2, 0.25) is 0 Å². The Bertz CT molecular complexity index is 1110. The number of carbonyl (C=O) groups is 1. The molecule has 2 unspecified atom stereocenters. The van der Waals surface area contributed by atoms with Gasteiger partial charge in [-0.05, 0) is 56.0 Å². The highest BCUT2D eigenvalue weighted by Crippen LogP contribution is 2.25. The summed E-state index contributed by atoms with van der Waals surface area (Å²) in [4.78, 5) is 24.8. The number of piperazine rings is 1. The molecule has 0 aliphatic carbocycles. The number of imidazole rings is 1. The van der Waals surface area contributed by atoms with E-state index in [1.165, 1.54) is 18.6 Å². The third kappa shape index (κ3) is 5.25. The Morgan fingerprint density at radius 2 is 1.74 bits per heavy atom. The van der Waals surface area contributed by atoms with Gasteiger partial charge in [-0.2, -0.15) is 0 Å². The Balaban J connectivity index is 1.34. The Morgan fingerprint density at radius 1 is 1.00 bits per heavy atom. The van der Waals surface area contributed by atoms with E-state index in [1.54, 1.807) is 0 Å². The number of nitrogens with zero attached hydrogens (tertiary/aromatic N) is 5. The van der Waals surface area contributed by atoms with Crippen LogP contribution in [0.25, 0.3) is 0 Å². The lowest BCUT2D eigenvalue weighted by Gasteiger charge is -2.44. The van der Waals surface area contributed by atoms with Crippen molar-refractivity contribution in [2.24, 2.45) is 0 Å². The standard InChI is InChI=1S/C28H34FN5O/c1-22(23-10-12-24(29)13-11-23)34-21-30-18-26(34)19-31-16-17-33(25-8-4-2-5-9-25)27(20-31)28(35)32-14-6-3-7-15-32/h2,4-5,8-13,18,21-22,27H,3,6-7,14-17,19-20H2,1H3. The van der Waals surface area contributed by atoms with Crippen LogP contribution in [-0.4, -0.2) is 64.0 Å². The van der Waals surface area contributed by atoms with E-state index in [4.69, 9.17) is 0 Å². The topological polar surface area (TPSA) is 44.6 Å². The van der Waals surface area contributed by atoms with Crippen LogP contribution < -0.4 is 4.90 Å². The predicted molar refractivity (Wildman–Crippen MR) is 136 cm³/mol. The number of piperidine rings is 1. The van der Waals surface area contributed by atoms with Gasteiger partial charge in [0.1, 0.15) is 11.9 Å². The molecule has 0 saturated carbocycles. The van der Waals surface area contributed by atoms with Crippen LogP contribution in [-0.2, 0) is 11.3 Å². The molecule has 35 heavy (non-hydrogen) atoms. The highest BCUT2D eigenvalue weighted by atomic mass is 19.1. The molecule has 184 valence electrons. The molecule has 2 saturated heterocycles. The molecule has 0 spiro atoms. The molecule has 0 bridgehead atoms. The van der Waals surface area contributed by atoms with Crippen molar-refractivity contribution >= 4 is 11.6 Å². The molecule has 2 atom stereocenters. The molecule has 6 nitrogen and oxygen atoms in total. The lowest BCUT2D eigenvalue weighted by atomic mass is 10.1. The van der Waals surface area contributed by atoms with Crippen LogP contribution in [0.3, 0.4) is 0 Å². The van der Waals surface area contributed by atoms with Gasteiger partial charge < -0.3 is 14.4 Å². The third-order valence-corrected chi connectivity index (χ3v) is 7.41. The number of amides is 1. The van der Waals surface area contributed by atoms with Crippen molar-refractivity contribution < 1.29 is 9.18 Å². The lowest BCUT2D eigenvalue weighted by Crippen LogP contribution is -2.60. The zero-order valence-electron chi connectivity index (χ0n) is 20.4. The normalized spacial score (nSPS) is 20.1. The summed E-state index contributed by atoms with van der Waals surface area (Å²) in [5.41, 5.74) is 3.24. The summed E-state index contributed by atoms with van der Waals surface area (Å²) in [6, 6.07) is 16.8. The van der Waals surface area contributed by atoms with Gasteiger partial charge in [0.15, 0.2) is 0 Å². The van der Waals surface area contributed by atoms with Crippen molar-refractivity contribution in [3.8, 4) is 0 Å². The van der Waals surface area contributed by atoms with Crippen LogP contribution >= 0.6 is 0 Å². The second kappa shape index (κ2) is 10.6. The molecule has 3 heterocycles. The second-order valence-corrected chi connectivity index (χ2v) is 9.69. The number of para-hydroxylation sites is 1. The van der Waals surface area contributed by atoms with Gasteiger partial charge in [0, 0.05) is 51.2 Å². The van der Waals surface area contributed by atoms with Gasteiger partial charge >= 0.3 is 0 Å². The molecule has 7 heteroatoms. The number of aromatic nitrogens is 2. The van der Waals surface area contributed by atoms with Crippen molar-refractivity contribution in [3.05, 3.63) is 84.2 Å². The van der Waals surface area contributed by atoms with Gasteiger partial charge in [-0.25, -0.2) is 9.37 Å². The average Bonchev–Trinajstić information content (AvgIpc) is 3.37. The van der Waals surface area contributed by atoms with E-state index in [0.717, 1.165) is 62.5 Å². The van der Waals surface area contributed by atoms with Crippen LogP contribution in [0, 0.1) is 5.82 Å². The SMILES string of the molecule is CC(c1ccc(F)cc1)n1cncc1CN1CCN(c2ccccc2)C(C(=O)N2CCCCC2)C1. The molecule has 1 amide bonds. The molecule has 2 aromatic carbocycles. The summed E-state index contributed by atoms with van der Waals surface area (Å²) in [5.74, 6) is 0.0129. The maximum Gasteiger partial charge on any atom is 0.246 e. The number of rotatable bonds is 6. The minimum absolute atomic E-state index is 0.0458. The quantitative estimate of drug-likeness (QED) is 0.532. The highest BCUT2D eigenvalue weighted by molar-refractivity contribution is 5.86. The predicted octanol–water partition coefficient (Wildman–Crippen LogP) is 4.33. The fourth-order valence-corrected chi connectivity index (χ4v) is 5.38. The van der Waals surface area contributed by atoms with E-state index in [0.29, 0.717) is 6.54 Å². The van der Waals surface area contributed by atoms with Gasteiger partial charge in [0.05, 0.1) is 18.1 Å². The van der Waals surface area contributed by atoms with Crippen LogP contribution in [0.4, 0.5) is 10.1 Å². The van der Waals surface area contributed by atoms with Gasteiger partial charge in [0.2, 0.25) is 5.91 Å². The van der Waals surface area contributed by atoms with Crippen molar-refractivity contribution in [1.82, 2.24) is 19.4 Å². The molecule has 5 rings (SSSR count). The van der Waals surface area contributed by atoms with Crippen LogP contribution in [0.5, 0.6) is 0 Å². The monoisotopic (exact) mass is 475 g/mol. The third-order valence-electron chi connectivity index (χ3n) is 7.41. The van der Waals surface area contributed by atoms with E-state index >= 15 is 0 Å². The number of hydrogen-bond donors (Lipinski definition) is 0. The van der Waals surface area contributed by atoms with Gasteiger partial charge in [-0.3, -0.25) is 9.69 Å². The number of likely N-dealkylation sites (tertiary alicyclic amines) is 1. The molecule has 2 aliphatic heterocycles. The van der Waals surface area contributed by atoms with Crippen LogP contribution in [0.1, 0.15) is 43.5 Å². The molecular weight excluding hydrogens is 441 g/mol. The van der Waals surface area contributed by atoms with Gasteiger partial charge in [-0.15, -0.1) is 0 Å². The van der Waals surface area contributed by atoms with E-state index in [9.17, 15) is 9.18 Å². The number of benzene rings is 2. The Kier molecular flexibility index (Phi) is 7.13. The first-order chi connectivity index (χ1) is 17.1. The minimum atomic E-state index is -0.229. The maximum absolute atomic E-state index is 13.7. The Morgan fingerprint density at radius 3 is 2.49 bits per heavy atom. The average molecular weight is 476 g/mol. The number of hydrogen-bond acceptors (Lipinski definition) is 4. The molecule has 1 aromatic heterocycles. The van der Waals surface area contributed by atoms with Crippen LogP contribution in [0.15, 0.2) is 67.1 Å². The first-order valence-corrected chi connectivity index (χ1v) is 12.7. The van der Waals surface area contributed by atoms with E-state index in [1.807, 2.05) is 42.9 Å². The number of anilines is 1. The van der Waals surface area contributed by atoms with Crippen molar-refractivity contribution in [1.29, 1.82) is 0 Å². The summed E-state index contributed by atoms with van der Waals surface area (Å²) in [6.45, 7) is 6.90. The first-order valence-electron chi connectivity index (χ1n) is 12.7. The number of carbonyl (C=O) groups excluding carboxylic acids is 1. The fraction of sp³-hybridized carbons (Fsp3) is 0.429.